The Balaban J connectivity index is 0.000000160. The van der Waals surface area contributed by atoms with E-state index in [-0.39, 0.29) is 0 Å². The van der Waals surface area contributed by atoms with Crippen molar-refractivity contribution in [2.75, 3.05) is 5.73 Å². The van der Waals surface area contributed by atoms with E-state index in [0.717, 1.165) is 22.6 Å². The minimum atomic E-state index is 0.726. The number of anilines is 1. The molecular formula is C15H14N4O. The first kappa shape index (κ1) is 13.5. The van der Waals surface area contributed by atoms with Gasteiger partial charge in [-0.2, -0.15) is 0 Å². The van der Waals surface area contributed by atoms with Gasteiger partial charge in [0.2, 0.25) is 0 Å². The van der Waals surface area contributed by atoms with E-state index in [4.69, 9.17) is 15.6 Å². The van der Waals surface area contributed by atoms with E-state index in [1.54, 1.807) is 30.7 Å². The fourth-order valence-electron chi connectivity index (χ4n) is 1.51. The average Bonchev–Trinajstić information content (AvgIpc) is 3.03. The molecule has 0 unspecified atom stereocenters. The van der Waals surface area contributed by atoms with Crippen LogP contribution in [0.1, 0.15) is 5.56 Å². The molecule has 3 aromatic rings. The molecular weight excluding hydrogens is 252 g/mol. The lowest BCUT2D eigenvalue weighted by molar-refractivity contribution is 0.572. The van der Waals surface area contributed by atoms with Gasteiger partial charge < -0.3 is 15.6 Å². The lowest BCUT2D eigenvalue weighted by Crippen LogP contribution is -1.83. The van der Waals surface area contributed by atoms with Crippen molar-refractivity contribution in [3.05, 3.63) is 66.9 Å². The number of hydrogen-bond donors (Lipinski definition) is 2. The maximum atomic E-state index is 6.79. The molecule has 2 heterocycles. The zero-order valence-corrected chi connectivity index (χ0v) is 10.7. The van der Waals surface area contributed by atoms with Crippen LogP contribution < -0.4 is 5.73 Å². The van der Waals surface area contributed by atoms with Crippen LogP contribution in [-0.4, -0.2) is 16.2 Å². The first-order valence-electron chi connectivity index (χ1n) is 5.94. The molecule has 100 valence electrons. The predicted octanol–water partition coefficient (Wildman–Crippen LogP) is 3.00. The zero-order chi connectivity index (χ0) is 14.2. The number of pyridine rings is 1. The number of aromatic nitrogens is 2. The Morgan fingerprint density at radius 3 is 2.45 bits per heavy atom. The molecule has 0 spiro atoms. The highest BCUT2D eigenvalue weighted by atomic mass is 16.3. The number of nitrogens with one attached hydrogen (secondary N) is 1. The molecule has 0 aliphatic rings. The summed E-state index contributed by atoms with van der Waals surface area (Å²) in [7, 11) is 0. The molecule has 3 N–H and O–H groups in total. The Kier molecular flexibility index (Phi) is 4.61. The molecule has 0 fully saturated rings. The topological polar surface area (TPSA) is 88.8 Å². The van der Waals surface area contributed by atoms with Crippen molar-refractivity contribution in [1.82, 2.24) is 9.97 Å². The van der Waals surface area contributed by atoms with Crippen molar-refractivity contribution in [3.63, 3.8) is 0 Å². The number of hydrogen-bond acceptors (Lipinski definition) is 5. The summed E-state index contributed by atoms with van der Waals surface area (Å²) in [5.41, 5.74) is 8.17. The third-order valence-electron chi connectivity index (χ3n) is 2.48. The Morgan fingerprint density at radius 2 is 1.90 bits per heavy atom. The second-order valence-corrected chi connectivity index (χ2v) is 3.92. The molecule has 5 heteroatoms. The van der Waals surface area contributed by atoms with Crippen LogP contribution in [0, 0.1) is 5.41 Å². The highest BCUT2D eigenvalue weighted by Crippen LogP contribution is 2.20. The summed E-state index contributed by atoms with van der Waals surface area (Å²) in [6.45, 7) is 0. The third kappa shape index (κ3) is 3.78. The largest absolute Gasteiger partial charge is 0.444 e. The Labute approximate surface area is 116 Å². The van der Waals surface area contributed by atoms with Crippen molar-refractivity contribution in [2.24, 2.45) is 0 Å². The van der Waals surface area contributed by atoms with Gasteiger partial charge in [-0.1, -0.05) is 12.1 Å². The standard InChI is InChI=1S/C9H8N2O.C6H6N2/c10-8-3-1-2-7(4-8)9-5-11-6-12-9;7-5-6-1-3-8-4-2-6/h1-6H,10H2;1-5,7H. The SMILES string of the molecule is N=Cc1ccncc1.Nc1cccc(-c2cnco2)c1. The summed E-state index contributed by atoms with van der Waals surface area (Å²) in [5.74, 6) is 0.738. The number of rotatable bonds is 2. The molecule has 0 saturated carbocycles. The first-order chi connectivity index (χ1) is 9.79. The van der Waals surface area contributed by atoms with Gasteiger partial charge >= 0.3 is 0 Å². The van der Waals surface area contributed by atoms with Crippen molar-refractivity contribution in [3.8, 4) is 11.3 Å². The number of nitrogen functional groups attached to an aromatic ring is 1. The summed E-state index contributed by atoms with van der Waals surface area (Å²) in [6.07, 6.45) is 7.69. The van der Waals surface area contributed by atoms with Gasteiger partial charge in [-0.25, -0.2) is 4.98 Å². The average molecular weight is 266 g/mol. The van der Waals surface area contributed by atoms with E-state index in [9.17, 15) is 0 Å². The van der Waals surface area contributed by atoms with E-state index in [2.05, 4.69) is 9.97 Å². The molecule has 5 nitrogen and oxygen atoms in total. The molecule has 0 radical (unpaired) electrons. The lowest BCUT2D eigenvalue weighted by atomic mass is 10.2. The molecule has 0 aliphatic carbocycles. The summed E-state index contributed by atoms with van der Waals surface area (Å²) in [4.78, 5) is 7.61. The lowest BCUT2D eigenvalue weighted by Gasteiger charge is -1.96. The van der Waals surface area contributed by atoms with Crippen LogP contribution in [0.2, 0.25) is 0 Å². The monoisotopic (exact) mass is 266 g/mol. The van der Waals surface area contributed by atoms with Gasteiger partial charge in [0.15, 0.2) is 12.2 Å². The Hall–Kier alpha value is -2.95. The number of benzene rings is 1. The van der Waals surface area contributed by atoms with Gasteiger partial charge in [0.05, 0.1) is 6.20 Å². The summed E-state index contributed by atoms with van der Waals surface area (Å²) in [6, 6.07) is 11.1. The molecule has 0 amide bonds. The first-order valence-corrected chi connectivity index (χ1v) is 5.94. The predicted molar refractivity (Wildman–Crippen MR) is 78.5 cm³/mol. The number of oxazole rings is 1. The molecule has 0 atom stereocenters. The van der Waals surface area contributed by atoms with Crippen molar-refractivity contribution >= 4 is 11.9 Å². The molecule has 0 saturated heterocycles. The second-order valence-electron chi connectivity index (χ2n) is 3.92. The quantitative estimate of drug-likeness (QED) is 0.551. The van der Waals surface area contributed by atoms with Gasteiger partial charge in [0.1, 0.15) is 0 Å². The van der Waals surface area contributed by atoms with Gasteiger partial charge in [0.25, 0.3) is 0 Å². The molecule has 2 aromatic heterocycles. The van der Waals surface area contributed by atoms with E-state index >= 15 is 0 Å². The van der Waals surface area contributed by atoms with Crippen LogP contribution in [0.5, 0.6) is 0 Å². The fourth-order valence-corrected chi connectivity index (χ4v) is 1.51. The molecule has 1 aromatic carbocycles. The fraction of sp³-hybridized carbons (Fsp3) is 0. The van der Waals surface area contributed by atoms with Gasteiger partial charge in [-0.05, 0) is 29.8 Å². The molecule has 20 heavy (non-hydrogen) atoms. The molecule has 0 aliphatic heterocycles. The van der Waals surface area contributed by atoms with Crippen LogP contribution in [0.4, 0.5) is 5.69 Å². The maximum Gasteiger partial charge on any atom is 0.181 e. The zero-order valence-electron chi connectivity index (χ0n) is 10.7. The van der Waals surface area contributed by atoms with Gasteiger partial charge in [-0.3, -0.25) is 4.98 Å². The van der Waals surface area contributed by atoms with Crippen molar-refractivity contribution in [1.29, 1.82) is 5.41 Å². The smallest absolute Gasteiger partial charge is 0.181 e. The van der Waals surface area contributed by atoms with Crippen LogP contribution in [0.25, 0.3) is 11.3 Å². The normalized spacial score (nSPS) is 9.40. The molecule has 3 rings (SSSR count). The maximum absolute atomic E-state index is 6.79. The second kappa shape index (κ2) is 6.84. The minimum Gasteiger partial charge on any atom is -0.444 e. The van der Waals surface area contributed by atoms with Gasteiger partial charge in [0, 0.05) is 29.9 Å². The van der Waals surface area contributed by atoms with Crippen LogP contribution in [0.3, 0.4) is 0 Å². The van der Waals surface area contributed by atoms with Gasteiger partial charge in [-0.15, -0.1) is 0 Å². The van der Waals surface area contributed by atoms with Crippen molar-refractivity contribution < 1.29 is 4.42 Å². The van der Waals surface area contributed by atoms with Crippen LogP contribution in [-0.2, 0) is 0 Å². The molecule has 0 bridgehead atoms. The van der Waals surface area contributed by atoms with E-state index in [1.807, 2.05) is 24.3 Å². The van der Waals surface area contributed by atoms with E-state index in [1.165, 1.54) is 12.6 Å². The van der Waals surface area contributed by atoms with Crippen LogP contribution in [0.15, 0.2) is 65.8 Å². The Bertz CT molecular complexity index is 651. The minimum absolute atomic E-state index is 0.726. The highest BCUT2D eigenvalue weighted by Gasteiger charge is 1.99. The number of nitrogens with two attached hydrogens (primary N) is 1. The van der Waals surface area contributed by atoms with Crippen LogP contribution >= 0.6 is 0 Å². The Morgan fingerprint density at radius 1 is 1.10 bits per heavy atom. The van der Waals surface area contributed by atoms with E-state index in [0.29, 0.717) is 0 Å². The summed E-state index contributed by atoms with van der Waals surface area (Å²) < 4.78 is 5.11. The third-order valence-corrected chi connectivity index (χ3v) is 2.48. The van der Waals surface area contributed by atoms with Crippen molar-refractivity contribution in [2.45, 2.75) is 0 Å². The van der Waals surface area contributed by atoms with E-state index < -0.39 is 0 Å². The summed E-state index contributed by atoms with van der Waals surface area (Å²) in [5, 5.41) is 6.79. The summed E-state index contributed by atoms with van der Waals surface area (Å²) >= 11 is 0. The highest BCUT2D eigenvalue weighted by molar-refractivity contribution is 5.76. The number of nitrogens with zero attached hydrogens (tertiary/aromatic N) is 2.